The summed E-state index contributed by atoms with van der Waals surface area (Å²) in [7, 11) is 0. The number of hydrogen-bond donors (Lipinski definition) is 2. The molecule has 2 rings (SSSR count). The molecule has 1 aromatic carbocycles. The van der Waals surface area contributed by atoms with Crippen LogP contribution >= 0.6 is 0 Å². The Labute approximate surface area is 112 Å². The normalized spacial score (nSPS) is 11.6. The van der Waals surface area contributed by atoms with Gasteiger partial charge in [-0.25, -0.2) is 0 Å². The second-order valence-corrected chi connectivity index (χ2v) is 4.30. The average molecular weight is 286 g/mol. The van der Waals surface area contributed by atoms with Crippen molar-refractivity contribution < 1.29 is 22.7 Å². The van der Waals surface area contributed by atoms with E-state index in [9.17, 15) is 18.0 Å². The van der Waals surface area contributed by atoms with Gasteiger partial charge in [-0.2, -0.15) is 0 Å². The highest BCUT2D eigenvalue weighted by molar-refractivity contribution is 5.84. The van der Waals surface area contributed by atoms with Gasteiger partial charge in [-0.1, -0.05) is 0 Å². The van der Waals surface area contributed by atoms with Gasteiger partial charge < -0.3 is 15.0 Å². The smallest absolute Gasteiger partial charge is 0.406 e. The van der Waals surface area contributed by atoms with Gasteiger partial charge >= 0.3 is 6.36 Å². The second kappa shape index (κ2) is 5.44. The molecule has 0 unspecified atom stereocenters. The summed E-state index contributed by atoms with van der Waals surface area (Å²) < 4.78 is 40.4. The summed E-state index contributed by atoms with van der Waals surface area (Å²) in [5.74, 6) is -0.406. The van der Waals surface area contributed by atoms with Gasteiger partial charge in [0.1, 0.15) is 5.75 Å². The lowest BCUT2D eigenvalue weighted by Crippen LogP contribution is -2.22. The van der Waals surface area contributed by atoms with Gasteiger partial charge in [0.2, 0.25) is 5.91 Å². The number of alkyl halides is 3. The number of benzene rings is 1. The topological polar surface area (TPSA) is 54.1 Å². The van der Waals surface area contributed by atoms with Crippen LogP contribution in [-0.4, -0.2) is 23.8 Å². The fraction of sp³-hybridized carbons (Fsp3) is 0.308. The molecule has 20 heavy (non-hydrogen) atoms. The maximum Gasteiger partial charge on any atom is 0.573 e. The summed E-state index contributed by atoms with van der Waals surface area (Å²) in [6.07, 6.45) is -2.47. The Balaban J connectivity index is 2.19. The van der Waals surface area contributed by atoms with Crippen LogP contribution in [-0.2, 0) is 11.2 Å². The van der Waals surface area contributed by atoms with Crippen molar-refractivity contribution >= 4 is 16.8 Å². The van der Waals surface area contributed by atoms with Crippen molar-refractivity contribution in [2.75, 3.05) is 6.54 Å². The molecule has 0 aliphatic carbocycles. The molecule has 0 aliphatic rings. The van der Waals surface area contributed by atoms with Crippen molar-refractivity contribution in [2.45, 2.75) is 19.7 Å². The Hall–Kier alpha value is -2.18. The van der Waals surface area contributed by atoms with Crippen LogP contribution in [0, 0.1) is 0 Å². The third-order valence-corrected chi connectivity index (χ3v) is 2.74. The second-order valence-electron chi connectivity index (χ2n) is 4.30. The first-order valence-corrected chi connectivity index (χ1v) is 5.95. The molecule has 1 aromatic heterocycles. The largest absolute Gasteiger partial charge is 0.573 e. The Kier molecular flexibility index (Phi) is 3.87. The molecule has 1 amide bonds. The van der Waals surface area contributed by atoms with E-state index in [0.29, 0.717) is 18.4 Å². The number of carbonyl (C=O) groups is 1. The van der Waals surface area contributed by atoms with Crippen molar-refractivity contribution in [2.24, 2.45) is 0 Å². The third-order valence-electron chi connectivity index (χ3n) is 2.74. The van der Waals surface area contributed by atoms with E-state index in [0.717, 1.165) is 11.1 Å². The Morgan fingerprint density at radius 2 is 2.15 bits per heavy atom. The van der Waals surface area contributed by atoms with Gasteiger partial charge in [-0.3, -0.25) is 4.79 Å². The van der Waals surface area contributed by atoms with Gasteiger partial charge in [0, 0.05) is 30.6 Å². The molecule has 0 aliphatic heterocycles. The van der Waals surface area contributed by atoms with Crippen LogP contribution in [0.5, 0.6) is 5.75 Å². The number of H-pyrrole nitrogens is 1. The van der Waals surface area contributed by atoms with Crippen LogP contribution in [0.15, 0.2) is 24.4 Å². The van der Waals surface area contributed by atoms with Gasteiger partial charge in [-0.15, -0.1) is 13.2 Å². The van der Waals surface area contributed by atoms with Crippen LogP contribution < -0.4 is 10.1 Å². The molecule has 0 radical (unpaired) electrons. The van der Waals surface area contributed by atoms with Gasteiger partial charge in [0.05, 0.1) is 0 Å². The third kappa shape index (κ3) is 3.66. The van der Waals surface area contributed by atoms with Gasteiger partial charge in [0.15, 0.2) is 0 Å². The quantitative estimate of drug-likeness (QED) is 0.908. The van der Waals surface area contributed by atoms with E-state index in [-0.39, 0.29) is 11.7 Å². The minimum atomic E-state index is -4.71. The molecule has 0 bridgehead atoms. The van der Waals surface area contributed by atoms with E-state index in [4.69, 9.17) is 0 Å². The zero-order chi connectivity index (χ0) is 14.8. The number of amides is 1. The van der Waals surface area contributed by atoms with Gasteiger partial charge in [-0.05, 0) is 30.2 Å². The maximum atomic E-state index is 12.2. The number of nitrogens with one attached hydrogen (secondary N) is 2. The maximum absolute atomic E-state index is 12.2. The average Bonchev–Trinajstić information content (AvgIpc) is 2.69. The molecule has 0 fully saturated rings. The van der Waals surface area contributed by atoms with E-state index in [1.54, 1.807) is 6.20 Å². The summed E-state index contributed by atoms with van der Waals surface area (Å²) in [5.41, 5.74) is 1.54. The number of fused-ring (bicyclic) bond motifs is 1. The number of aromatic nitrogens is 1. The minimum absolute atomic E-state index is 0.147. The number of aromatic amines is 1. The lowest BCUT2D eigenvalue weighted by atomic mass is 10.1. The van der Waals surface area contributed by atoms with E-state index in [1.807, 2.05) is 0 Å². The molecular formula is C13H13F3N2O2. The molecule has 7 heteroatoms. The van der Waals surface area contributed by atoms with Crippen LogP contribution in [0.25, 0.3) is 10.9 Å². The van der Waals surface area contributed by atoms with Crippen LogP contribution in [0.3, 0.4) is 0 Å². The fourth-order valence-electron chi connectivity index (χ4n) is 1.93. The summed E-state index contributed by atoms with van der Waals surface area (Å²) in [5, 5.41) is 3.29. The number of rotatable bonds is 4. The van der Waals surface area contributed by atoms with E-state index >= 15 is 0 Å². The Morgan fingerprint density at radius 1 is 1.40 bits per heavy atom. The van der Waals surface area contributed by atoms with Crippen molar-refractivity contribution in [3.05, 3.63) is 30.0 Å². The standard InChI is InChI=1S/C13H13F3N2O2/c1-8(19)17-5-4-9-7-18-12-3-2-10(6-11(9)12)20-13(14,15)16/h2-3,6-7,18H,4-5H2,1H3,(H,17,19). The molecule has 0 atom stereocenters. The highest BCUT2D eigenvalue weighted by Crippen LogP contribution is 2.28. The predicted molar refractivity (Wildman–Crippen MR) is 67.4 cm³/mol. The fourth-order valence-corrected chi connectivity index (χ4v) is 1.93. The first-order chi connectivity index (χ1) is 9.35. The number of hydrogen-bond acceptors (Lipinski definition) is 2. The summed E-state index contributed by atoms with van der Waals surface area (Å²) in [6.45, 7) is 1.83. The highest BCUT2D eigenvalue weighted by Gasteiger charge is 2.31. The van der Waals surface area contributed by atoms with Crippen molar-refractivity contribution in [3.8, 4) is 5.75 Å². The zero-order valence-electron chi connectivity index (χ0n) is 10.7. The molecule has 4 nitrogen and oxygen atoms in total. The van der Waals surface area contributed by atoms with Gasteiger partial charge in [0.25, 0.3) is 0 Å². The Morgan fingerprint density at radius 3 is 2.80 bits per heavy atom. The monoisotopic (exact) mass is 286 g/mol. The molecule has 108 valence electrons. The van der Waals surface area contributed by atoms with Crippen LogP contribution in [0.1, 0.15) is 12.5 Å². The number of ether oxygens (including phenoxy) is 1. The lowest BCUT2D eigenvalue weighted by Gasteiger charge is -2.09. The van der Waals surface area contributed by atoms with E-state index in [1.165, 1.54) is 25.1 Å². The van der Waals surface area contributed by atoms with Crippen molar-refractivity contribution in [1.29, 1.82) is 0 Å². The minimum Gasteiger partial charge on any atom is -0.406 e. The first kappa shape index (κ1) is 14.2. The first-order valence-electron chi connectivity index (χ1n) is 5.95. The van der Waals surface area contributed by atoms with Crippen molar-refractivity contribution in [3.63, 3.8) is 0 Å². The van der Waals surface area contributed by atoms with Crippen molar-refractivity contribution in [1.82, 2.24) is 10.3 Å². The summed E-state index contributed by atoms with van der Waals surface area (Å²) in [6, 6.07) is 4.12. The number of carbonyl (C=O) groups excluding carboxylic acids is 1. The number of halogens is 3. The van der Waals surface area contributed by atoms with Crippen LogP contribution in [0.2, 0.25) is 0 Å². The molecule has 0 saturated heterocycles. The van der Waals surface area contributed by atoms with E-state index < -0.39 is 6.36 Å². The summed E-state index contributed by atoms with van der Waals surface area (Å²) in [4.78, 5) is 13.7. The zero-order valence-corrected chi connectivity index (χ0v) is 10.7. The SMILES string of the molecule is CC(=O)NCCc1c[nH]c2ccc(OC(F)(F)F)cc12. The van der Waals surface area contributed by atoms with E-state index in [2.05, 4.69) is 15.0 Å². The highest BCUT2D eigenvalue weighted by atomic mass is 19.4. The molecule has 0 saturated carbocycles. The Bertz CT molecular complexity index is 620. The summed E-state index contributed by atoms with van der Waals surface area (Å²) >= 11 is 0. The molecule has 1 heterocycles. The molecule has 2 aromatic rings. The molecular weight excluding hydrogens is 273 g/mol. The van der Waals surface area contributed by atoms with Crippen LogP contribution in [0.4, 0.5) is 13.2 Å². The lowest BCUT2D eigenvalue weighted by molar-refractivity contribution is -0.274. The molecule has 0 spiro atoms. The predicted octanol–water partition coefficient (Wildman–Crippen LogP) is 2.75. The molecule has 2 N–H and O–H groups in total.